The van der Waals surface area contributed by atoms with Crippen molar-refractivity contribution in [2.75, 3.05) is 56.1 Å². The maximum Gasteiger partial charge on any atom is 0.407 e. The highest BCUT2D eigenvalue weighted by Crippen LogP contribution is 2.47. The second kappa shape index (κ2) is 21.8. The third-order valence-electron chi connectivity index (χ3n) is 13.8. The molecule has 3 aliphatic rings. The smallest absolute Gasteiger partial charge is 0.407 e. The van der Waals surface area contributed by atoms with E-state index in [9.17, 15) is 39.0 Å². The van der Waals surface area contributed by atoms with Crippen LogP contribution in [-0.4, -0.2) is 121 Å². The Morgan fingerprint density at radius 3 is 1.32 bits per heavy atom. The summed E-state index contributed by atoms with van der Waals surface area (Å²) in [6.07, 6.45) is 2.18. The van der Waals surface area contributed by atoms with E-state index in [2.05, 4.69) is 64.3 Å². The first-order chi connectivity index (χ1) is 32.3. The predicted octanol–water partition coefficient (Wildman–Crippen LogP) is 6.24. The van der Waals surface area contributed by atoms with Crippen LogP contribution in [0.2, 0.25) is 0 Å². The highest BCUT2D eigenvalue weighted by atomic mass is 16.5. The van der Waals surface area contributed by atoms with Crippen LogP contribution in [0, 0.1) is 10.8 Å². The topological polar surface area (TPSA) is 219 Å². The number of carbonyl (C=O) groups excluding carboxylic acids is 6. The van der Waals surface area contributed by atoms with Gasteiger partial charge in [0.15, 0.2) is 0 Å². The van der Waals surface area contributed by atoms with Crippen molar-refractivity contribution in [3.63, 3.8) is 0 Å². The minimum atomic E-state index is -1.11. The number of methoxy groups -OCH3 is 2. The number of likely N-dealkylation sites (tertiary alicyclic amines) is 2. The first kappa shape index (κ1) is 51.2. The van der Waals surface area contributed by atoms with Crippen LogP contribution < -0.4 is 26.2 Å². The minimum absolute atomic E-state index is 0.00899. The zero-order valence-electron chi connectivity index (χ0n) is 40.5. The van der Waals surface area contributed by atoms with E-state index < -0.39 is 59.0 Å². The molecule has 6 rings (SSSR count). The molecule has 0 radical (unpaired) electrons. The van der Waals surface area contributed by atoms with Crippen molar-refractivity contribution in [2.24, 2.45) is 10.8 Å². The zero-order chi connectivity index (χ0) is 49.5. The molecule has 3 aromatic carbocycles. The summed E-state index contributed by atoms with van der Waals surface area (Å²) in [5.41, 5.74) is 3.53. The molecule has 6 atom stereocenters. The Morgan fingerprint density at radius 2 is 0.985 bits per heavy atom. The fourth-order valence-corrected chi connectivity index (χ4v) is 9.54. The maximum absolute atomic E-state index is 13.8. The SMILES string of the molecule is COC(=O)N[C@H](C(=O)N1CCC[C@H]1C(=O)Nc1ccc([C@@H]2CC[C@@H](c3ccc(NC(=O)[C@@H]4CCCN4C(=O)[C@@H](NC(=O)OC)C(C)(C)CO)cc3)N2c2ccc(C(C)C)cc2)cc1)C(C)(C)CO. The van der Waals surface area contributed by atoms with Crippen LogP contribution in [0.1, 0.15) is 115 Å². The fraction of sp³-hybridized carbons (Fsp3) is 0.529. The molecular weight excluding hydrogens is 871 g/mol. The number of rotatable bonds is 16. The zero-order valence-corrected chi connectivity index (χ0v) is 40.5. The van der Waals surface area contributed by atoms with Crippen LogP contribution >= 0.6 is 0 Å². The van der Waals surface area contributed by atoms with Crippen LogP contribution in [0.5, 0.6) is 0 Å². The van der Waals surface area contributed by atoms with Gasteiger partial charge >= 0.3 is 12.2 Å². The summed E-state index contributed by atoms with van der Waals surface area (Å²) in [6, 6.07) is 20.4. The van der Waals surface area contributed by atoms with Crippen LogP contribution in [0.3, 0.4) is 0 Å². The molecule has 68 heavy (non-hydrogen) atoms. The molecule has 0 aliphatic carbocycles. The van der Waals surface area contributed by atoms with Gasteiger partial charge < -0.3 is 55.7 Å². The number of aliphatic hydroxyl groups excluding tert-OH is 2. The number of benzene rings is 3. The molecule has 368 valence electrons. The molecule has 0 saturated carbocycles. The normalized spacial score (nSPS) is 20.4. The minimum Gasteiger partial charge on any atom is -0.453 e. The summed E-state index contributed by atoms with van der Waals surface area (Å²) in [5, 5.41) is 31.2. The molecule has 3 saturated heterocycles. The van der Waals surface area contributed by atoms with E-state index in [0.29, 0.717) is 56.1 Å². The summed E-state index contributed by atoms with van der Waals surface area (Å²) in [6.45, 7) is 10.9. The van der Waals surface area contributed by atoms with Crippen molar-refractivity contribution >= 4 is 52.9 Å². The Bertz CT molecular complexity index is 2130. The Labute approximate surface area is 399 Å². The van der Waals surface area contributed by atoms with Gasteiger partial charge in [0.05, 0.1) is 39.5 Å². The molecule has 3 heterocycles. The predicted molar refractivity (Wildman–Crippen MR) is 258 cm³/mol. The van der Waals surface area contributed by atoms with Crippen molar-refractivity contribution in [3.05, 3.63) is 89.5 Å². The molecule has 17 nitrogen and oxygen atoms in total. The van der Waals surface area contributed by atoms with E-state index in [1.807, 2.05) is 48.5 Å². The number of alkyl carbamates (subject to hydrolysis) is 2. The van der Waals surface area contributed by atoms with Crippen molar-refractivity contribution in [2.45, 2.75) is 122 Å². The van der Waals surface area contributed by atoms with Gasteiger partial charge in [-0.05, 0) is 97.5 Å². The summed E-state index contributed by atoms with van der Waals surface area (Å²) < 4.78 is 9.49. The Morgan fingerprint density at radius 1 is 0.603 bits per heavy atom. The number of amides is 6. The van der Waals surface area contributed by atoms with Gasteiger partial charge in [-0.1, -0.05) is 77.9 Å². The number of anilines is 3. The Hall–Kier alpha value is -6.20. The highest BCUT2D eigenvalue weighted by Gasteiger charge is 2.45. The van der Waals surface area contributed by atoms with Crippen LogP contribution in [-0.2, 0) is 28.7 Å². The van der Waals surface area contributed by atoms with Gasteiger partial charge in [0.1, 0.15) is 24.2 Å². The molecule has 3 aliphatic heterocycles. The van der Waals surface area contributed by atoms with E-state index in [1.54, 1.807) is 27.7 Å². The third kappa shape index (κ3) is 11.4. The van der Waals surface area contributed by atoms with Gasteiger partial charge in [0.2, 0.25) is 23.6 Å². The number of nitrogens with zero attached hydrogens (tertiary/aromatic N) is 3. The van der Waals surface area contributed by atoms with Crippen molar-refractivity contribution in [3.8, 4) is 0 Å². The average Bonchev–Trinajstić information content (AvgIpc) is 4.14. The quantitative estimate of drug-likeness (QED) is 0.0945. The summed E-state index contributed by atoms with van der Waals surface area (Å²) in [5.74, 6) is -1.25. The lowest BCUT2D eigenvalue weighted by Crippen LogP contribution is -2.58. The Balaban J connectivity index is 1.17. The Kier molecular flexibility index (Phi) is 16.4. The van der Waals surface area contributed by atoms with Crippen LogP contribution in [0.4, 0.5) is 26.7 Å². The molecule has 0 aromatic heterocycles. The van der Waals surface area contributed by atoms with E-state index in [0.717, 1.165) is 29.7 Å². The number of nitrogens with one attached hydrogen (secondary N) is 4. The molecule has 3 aromatic rings. The van der Waals surface area contributed by atoms with Gasteiger partial charge in [0, 0.05) is 41.0 Å². The monoisotopic (exact) mass is 940 g/mol. The maximum atomic E-state index is 13.8. The average molecular weight is 940 g/mol. The van der Waals surface area contributed by atoms with Crippen LogP contribution in [0.25, 0.3) is 0 Å². The summed E-state index contributed by atoms with van der Waals surface area (Å²) in [4.78, 5) is 84.9. The first-order valence-corrected chi connectivity index (χ1v) is 23.6. The fourth-order valence-electron chi connectivity index (χ4n) is 9.54. The molecule has 6 N–H and O–H groups in total. The third-order valence-corrected chi connectivity index (χ3v) is 13.8. The lowest BCUT2D eigenvalue weighted by atomic mass is 9.84. The van der Waals surface area contributed by atoms with Gasteiger partial charge in [-0.25, -0.2) is 9.59 Å². The molecular formula is C51H69N7O10. The molecule has 6 amide bonds. The highest BCUT2D eigenvalue weighted by molar-refractivity contribution is 6.00. The largest absolute Gasteiger partial charge is 0.453 e. The summed E-state index contributed by atoms with van der Waals surface area (Å²) in [7, 11) is 2.40. The van der Waals surface area contributed by atoms with Crippen molar-refractivity contribution in [1.82, 2.24) is 20.4 Å². The van der Waals surface area contributed by atoms with Crippen LogP contribution in [0.15, 0.2) is 72.8 Å². The standard InChI is InChI=1S/C51H69N7O10/c1-31(2)32-17-23-37(24-18-32)58-38(33-13-19-35(20-14-33)52-44(61)40-11-9-27-56(40)46(63)42(50(3,4)29-59)54-48(65)67-7)25-26-39(58)34-15-21-36(22-16-34)53-45(62)41-12-10-28-57(41)47(64)43(51(5,6)30-60)55-49(66)68-8/h13-24,31,38-43,59-60H,9-12,25-30H2,1-8H3,(H,52,61)(H,53,62)(H,54,65)(H,55,66)/t38-,39-,40-,41-,42+,43+/m0/s1. The number of ether oxygens (including phenoxy) is 2. The van der Waals surface area contributed by atoms with Gasteiger partial charge in [-0.3, -0.25) is 19.2 Å². The molecule has 0 spiro atoms. The lowest BCUT2D eigenvalue weighted by molar-refractivity contribution is -0.141. The second-order valence-electron chi connectivity index (χ2n) is 19.8. The number of carbonyl (C=O) groups is 6. The number of hydrogen-bond donors (Lipinski definition) is 6. The van der Waals surface area contributed by atoms with Crippen molar-refractivity contribution in [1.29, 1.82) is 0 Å². The lowest BCUT2D eigenvalue weighted by Gasteiger charge is -2.36. The molecule has 0 unspecified atom stereocenters. The molecule has 0 bridgehead atoms. The van der Waals surface area contributed by atoms with E-state index in [4.69, 9.17) is 9.47 Å². The summed E-state index contributed by atoms with van der Waals surface area (Å²) >= 11 is 0. The molecule has 3 fully saturated rings. The van der Waals surface area contributed by atoms with Gasteiger partial charge in [-0.15, -0.1) is 0 Å². The van der Waals surface area contributed by atoms with E-state index in [-0.39, 0.29) is 37.1 Å². The second-order valence-corrected chi connectivity index (χ2v) is 19.8. The van der Waals surface area contributed by atoms with E-state index in [1.165, 1.54) is 29.6 Å². The van der Waals surface area contributed by atoms with Gasteiger partial charge in [-0.2, -0.15) is 0 Å². The number of aliphatic hydroxyl groups is 2. The number of hydrogen-bond acceptors (Lipinski definition) is 11. The van der Waals surface area contributed by atoms with E-state index >= 15 is 0 Å². The first-order valence-electron chi connectivity index (χ1n) is 23.6. The van der Waals surface area contributed by atoms with Gasteiger partial charge in [0.25, 0.3) is 0 Å². The van der Waals surface area contributed by atoms with Crippen molar-refractivity contribution < 1.29 is 48.5 Å². The molecule has 17 heteroatoms.